The molecule has 3 N–H and O–H groups in total. The van der Waals surface area contributed by atoms with Crippen molar-refractivity contribution >= 4 is 32.9 Å². The monoisotopic (exact) mass is 272 g/mol. The van der Waals surface area contributed by atoms with Crippen molar-refractivity contribution in [3.63, 3.8) is 0 Å². The van der Waals surface area contributed by atoms with Crippen LogP contribution in [0.15, 0.2) is 24.3 Å². The largest absolute Gasteiger partial charge is 0.389 e. The first kappa shape index (κ1) is 13.9. The van der Waals surface area contributed by atoms with Crippen LogP contribution in [0.1, 0.15) is 26.3 Å². The molecule has 1 aromatic rings. The number of anilines is 1. The van der Waals surface area contributed by atoms with Crippen LogP contribution in [0, 0.1) is 0 Å². The molecule has 94 valence electrons. The molecule has 0 unspecified atom stereocenters. The molecule has 0 radical (unpaired) electrons. The maximum Gasteiger partial charge on any atom is 0.237 e. The molecule has 4 nitrogen and oxygen atoms in total. The maximum absolute atomic E-state index is 12.0. The minimum absolute atomic E-state index is 0.164. The van der Waals surface area contributed by atoms with Gasteiger partial charge < -0.3 is 5.73 Å². The van der Waals surface area contributed by atoms with Crippen molar-refractivity contribution in [1.29, 1.82) is 0 Å². The van der Waals surface area contributed by atoms with Crippen LogP contribution >= 0.6 is 12.2 Å². The van der Waals surface area contributed by atoms with Gasteiger partial charge in [-0.1, -0.05) is 24.4 Å². The Morgan fingerprint density at radius 2 is 1.82 bits per heavy atom. The average Bonchev–Trinajstić information content (AvgIpc) is 2.15. The van der Waals surface area contributed by atoms with Crippen molar-refractivity contribution in [3.8, 4) is 0 Å². The first-order chi connectivity index (χ1) is 7.65. The Bertz CT molecular complexity index is 531. The van der Waals surface area contributed by atoms with Crippen LogP contribution in [0.25, 0.3) is 0 Å². The van der Waals surface area contributed by atoms with Crippen molar-refractivity contribution in [2.45, 2.75) is 25.5 Å². The van der Waals surface area contributed by atoms with E-state index in [9.17, 15) is 8.42 Å². The van der Waals surface area contributed by atoms with Gasteiger partial charge in [0.2, 0.25) is 10.0 Å². The molecular formula is C11H16N2O2S2. The normalized spacial score (nSPS) is 12.2. The van der Waals surface area contributed by atoms with Gasteiger partial charge in [0.05, 0.1) is 10.4 Å². The van der Waals surface area contributed by atoms with Crippen LogP contribution in [0.4, 0.5) is 5.69 Å². The molecular weight excluding hydrogens is 256 g/mol. The molecule has 0 aliphatic carbocycles. The molecule has 1 rings (SSSR count). The number of nitrogens with two attached hydrogens (primary N) is 1. The molecule has 0 saturated carbocycles. The van der Waals surface area contributed by atoms with Gasteiger partial charge in [-0.15, -0.1) is 0 Å². The zero-order chi connectivity index (χ0) is 13.3. The van der Waals surface area contributed by atoms with Crippen molar-refractivity contribution < 1.29 is 8.42 Å². The molecule has 0 amide bonds. The van der Waals surface area contributed by atoms with Crippen LogP contribution in [0.2, 0.25) is 0 Å². The van der Waals surface area contributed by atoms with E-state index < -0.39 is 14.8 Å². The molecule has 0 bridgehead atoms. The lowest BCUT2D eigenvalue weighted by molar-refractivity contribution is 0.566. The van der Waals surface area contributed by atoms with E-state index >= 15 is 0 Å². The number of sulfonamides is 1. The lowest BCUT2D eigenvalue weighted by Crippen LogP contribution is -2.34. The summed E-state index contributed by atoms with van der Waals surface area (Å²) in [6.45, 7) is 4.87. The van der Waals surface area contributed by atoms with Crippen molar-refractivity contribution in [1.82, 2.24) is 0 Å². The summed E-state index contributed by atoms with van der Waals surface area (Å²) in [7, 11) is -3.47. The Morgan fingerprint density at radius 1 is 1.29 bits per heavy atom. The number of rotatable bonds is 3. The standard InChI is InChI=1S/C11H16N2O2S2/c1-11(2,3)17(14,15)13-9-7-5-4-6-8(9)10(12)16/h4-7,13H,1-3H3,(H2,12,16). The third kappa shape index (κ3) is 3.17. The Morgan fingerprint density at radius 3 is 2.29 bits per heavy atom. The van der Waals surface area contributed by atoms with Crippen LogP contribution in [-0.4, -0.2) is 18.2 Å². The second-order valence-electron chi connectivity index (χ2n) is 4.63. The average molecular weight is 272 g/mol. The molecule has 0 spiro atoms. The Kier molecular flexibility index (Phi) is 3.78. The quantitative estimate of drug-likeness (QED) is 0.824. The zero-order valence-corrected chi connectivity index (χ0v) is 11.7. The predicted molar refractivity (Wildman–Crippen MR) is 74.6 cm³/mol. The van der Waals surface area contributed by atoms with E-state index in [2.05, 4.69) is 4.72 Å². The summed E-state index contributed by atoms with van der Waals surface area (Å²) in [5, 5.41) is 0. The topological polar surface area (TPSA) is 72.2 Å². The van der Waals surface area contributed by atoms with Crippen LogP contribution < -0.4 is 10.5 Å². The highest BCUT2D eigenvalue weighted by Crippen LogP contribution is 2.22. The van der Waals surface area contributed by atoms with E-state index in [1.54, 1.807) is 45.0 Å². The van der Waals surface area contributed by atoms with Gasteiger partial charge in [0.25, 0.3) is 0 Å². The highest BCUT2D eigenvalue weighted by atomic mass is 32.2. The number of nitrogens with one attached hydrogen (secondary N) is 1. The maximum atomic E-state index is 12.0. The van der Waals surface area contributed by atoms with E-state index in [0.29, 0.717) is 11.3 Å². The van der Waals surface area contributed by atoms with Crippen molar-refractivity contribution in [2.24, 2.45) is 5.73 Å². The predicted octanol–water partition coefficient (Wildman–Crippen LogP) is 1.86. The van der Waals surface area contributed by atoms with Crippen molar-refractivity contribution in [2.75, 3.05) is 4.72 Å². The van der Waals surface area contributed by atoms with Gasteiger partial charge in [0.15, 0.2) is 0 Å². The first-order valence-electron chi connectivity index (χ1n) is 5.06. The van der Waals surface area contributed by atoms with E-state index in [-0.39, 0.29) is 4.99 Å². The second kappa shape index (κ2) is 4.62. The molecule has 0 heterocycles. The lowest BCUT2D eigenvalue weighted by Gasteiger charge is -2.21. The third-order valence-electron chi connectivity index (χ3n) is 2.24. The van der Waals surface area contributed by atoms with E-state index in [0.717, 1.165) is 0 Å². The van der Waals surface area contributed by atoms with Gasteiger partial charge in [-0.2, -0.15) is 0 Å². The minimum Gasteiger partial charge on any atom is -0.389 e. The molecule has 0 aromatic heterocycles. The van der Waals surface area contributed by atoms with E-state index in [1.807, 2.05) is 0 Å². The number of hydrogen-bond donors (Lipinski definition) is 2. The molecule has 0 atom stereocenters. The minimum atomic E-state index is -3.47. The number of benzene rings is 1. The molecule has 17 heavy (non-hydrogen) atoms. The van der Waals surface area contributed by atoms with Gasteiger partial charge >= 0.3 is 0 Å². The summed E-state index contributed by atoms with van der Waals surface area (Å²) < 4.78 is 25.6. The van der Waals surface area contributed by atoms with Gasteiger partial charge in [-0.3, -0.25) is 4.72 Å². The zero-order valence-electron chi connectivity index (χ0n) is 10.0. The van der Waals surface area contributed by atoms with Gasteiger partial charge in [0, 0.05) is 5.56 Å². The van der Waals surface area contributed by atoms with Gasteiger partial charge in [-0.25, -0.2) is 8.42 Å². The molecule has 1 aromatic carbocycles. The Hall–Kier alpha value is -1.14. The van der Waals surface area contributed by atoms with Gasteiger partial charge in [-0.05, 0) is 32.9 Å². The highest BCUT2D eigenvalue weighted by Gasteiger charge is 2.29. The Labute approximate surface area is 107 Å². The molecule has 0 aliphatic heterocycles. The van der Waals surface area contributed by atoms with Crippen LogP contribution in [0.5, 0.6) is 0 Å². The van der Waals surface area contributed by atoms with Gasteiger partial charge in [0.1, 0.15) is 4.99 Å². The molecule has 0 aliphatic rings. The molecule has 6 heteroatoms. The third-order valence-corrected chi connectivity index (χ3v) is 4.56. The highest BCUT2D eigenvalue weighted by molar-refractivity contribution is 7.94. The SMILES string of the molecule is CC(C)(C)S(=O)(=O)Nc1ccccc1C(N)=S. The lowest BCUT2D eigenvalue weighted by atomic mass is 10.2. The summed E-state index contributed by atoms with van der Waals surface area (Å²) in [5.74, 6) is 0. The van der Waals surface area contributed by atoms with Crippen LogP contribution in [0.3, 0.4) is 0 Å². The summed E-state index contributed by atoms with van der Waals surface area (Å²) in [4.78, 5) is 0.164. The fourth-order valence-corrected chi connectivity index (χ4v) is 2.04. The fourth-order valence-electron chi connectivity index (χ4n) is 1.08. The second-order valence-corrected chi connectivity index (χ2v) is 7.50. The van der Waals surface area contributed by atoms with Crippen LogP contribution in [-0.2, 0) is 10.0 Å². The van der Waals surface area contributed by atoms with E-state index in [1.165, 1.54) is 0 Å². The number of para-hydroxylation sites is 1. The summed E-state index contributed by atoms with van der Waals surface area (Å²) in [6, 6.07) is 6.80. The first-order valence-corrected chi connectivity index (χ1v) is 6.95. The smallest absolute Gasteiger partial charge is 0.237 e. The summed E-state index contributed by atoms with van der Waals surface area (Å²) in [6.07, 6.45) is 0. The number of hydrogen-bond acceptors (Lipinski definition) is 3. The molecule has 0 saturated heterocycles. The van der Waals surface area contributed by atoms with Crippen molar-refractivity contribution in [3.05, 3.63) is 29.8 Å². The molecule has 0 fully saturated rings. The number of thiocarbonyl (C=S) groups is 1. The fraction of sp³-hybridized carbons (Fsp3) is 0.364. The summed E-state index contributed by atoms with van der Waals surface area (Å²) in [5.41, 5.74) is 6.47. The van der Waals surface area contributed by atoms with E-state index in [4.69, 9.17) is 18.0 Å². The Balaban J connectivity index is 3.18. The summed E-state index contributed by atoms with van der Waals surface area (Å²) >= 11 is 4.88.